The van der Waals surface area contributed by atoms with E-state index in [9.17, 15) is 9.59 Å². The molecule has 1 amide bonds. The summed E-state index contributed by atoms with van der Waals surface area (Å²) in [4.78, 5) is 25.5. The lowest BCUT2D eigenvalue weighted by Gasteiger charge is -2.22. The SMILES string of the molecule is COC(=O)C(CC(C)C)NCC(=O)N(C)C1=CCCC1. The highest BCUT2D eigenvalue weighted by molar-refractivity contribution is 5.81. The van der Waals surface area contributed by atoms with Gasteiger partial charge in [0.2, 0.25) is 5.91 Å². The van der Waals surface area contributed by atoms with Gasteiger partial charge in [0.05, 0.1) is 13.7 Å². The zero-order valence-electron chi connectivity index (χ0n) is 12.9. The number of hydrogen-bond donors (Lipinski definition) is 1. The minimum absolute atomic E-state index is 0.0178. The summed E-state index contributed by atoms with van der Waals surface area (Å²) in [5, 5.41) is 3.01. The van der Waals surface area contributed by atoms with E-state index in [1.54, 1.807) is 11.9 Å². The Balaban J connectivity index is 2.49. The monoisotopic (exact) mass is 282 g/mol. The van der Waals surface area contributed by atoms with Crippen LogP contribution >= 0.6 is 0 Å². The highest BCUT2D eigenvalue weighted by atomic mass is 16.5. The molecule has 0 aromatic carbocycles. The maximum Gasteiger partial charge on any atom is 0.322 e. The smallest absolute Gasteiger partial charge is 0.322 e. The number of hydrogen-bond acceptors (Lipinski definition) is 4. The number of nitrogens with zero attached hydrogens (tertiary/aromatic N) is 1. The predicted octanol–water partition coefficient (Wildman–Crippen LogP) is 1.69. The molecule has 0 aliphatic heterocycles. The first kappa shape index (κ1) is 16.7. The second-order valence-corrected chi connectivity index (χ2v) is 5.63. The fourth-order valence-electron chi connectivity index (χ4n) is 2.32. The van der Waals surface area contributed by atoms with Gasteiger partial charge < -0.3 is 9.64 Å². The molecule has 0 saturated heterocycles. The van der Waals surface area contributed by atoms with Crippen molar-refractivity contribution in [3.05, 3.63) is 11.8 Å². The molecule has 0 heterocycles. The highest BCUT2D eigenvalue weighted by Crippen LogP contribution is 2.20. The fourth-order valence-corrected chi connectivity index (χ4v) is 2.32. The van der Waals surface area contributed by atoms with Gasteiger partial charge in [-0.1, -0.05) is 19.9 Å². The Labute approximate surface area is 121 Å². The third-order valence-corrected chi connectivity index (χ3v) is 3.51. The van der Waals surface area contributed by atoms with Crippen LogP contribution in [-0.4, -0.2) is 43.5 Å². The minimum Gasteiger partial charge on any atom is -0.468 e. The topological polar surface area (TPSA) is 58.6 Å². The van der Waals surface area contributed by atoms with E-state index in [4.69, 9.17) is 4.74 Å². The Kier molecular flexibility index (Phi) is 6.71. The Bertz CT molecular complexity index is 377. The van der Waals surface area contributed by atoms with E-state index in [-0.39, 0.29) is 18.4 Å². The van der Waals surface area contributed by atoms with Crippen molar-refractivity contribution in [2.45, 2.75) is 45.6 Å². The number of methoxy groups -OCH3 is 1. The average molecular weight is 282 g/mol. The maximum absolute atomic E-state index is 12.1. The van der Waals surface area contributed by atoms with E-state index < -0.39 is 6.04 Å². The summed E-state index contributed by atoms with van der Waals surface area (Å²) in [5.41, 5.74) is 1.08. The van der Waals surface area contributed by atoms with Gasteiger partial charge in [-0.05, 0) is 31.6 Å². The standard InChI is InChI=1S/C15H26N2O3/c1-11(2)9-13(15(19)20-4)16-10-14(18)17(3)12-7-5-6-8-12/h7,11,13,16H,5-6,8-10H2,1-4H3. The van der Waals surface area contributed by atoms with Crippen LogP contribution in [0.2, 0.25) is 0 Å². The van der Waals surface area contributed by atoms with E-state index in [1.165, 1.54) is 7.11 Å². The summed E-state index contributed by atoms with van der Waals surface area (Å²) in [6.07, 6.45) is 5.86. The van der Waals surface area contributed by atoms with Crippen molar-refractivity contribution < 1.29 is 14.3 Å². The van der Waals surface area contributed by atoms with Crippen LogP contribution in [0.1, 0.15) is 39.5 Å². The number of carbonyl (C=O) groups excluding carboxylic acids is 2. The third kappa shape index (κ3) is 4.96. The van der Waals surface area contributed by atoms with E-state index >= 15 is 0 Å². The number of allylic oxidation sites excluding steroid dienone is 2. The molecule has 0 fully saturated rings. The van der Waals surface area contributed by atoms with E-state index in [2.05, 4.69) is 11.4 Å². The van der Waals surface area contributed by atoms with Gasteiger partial charge in [0, 0.05) is 12.7 Å². The first-order chi connectivity index (χ1) is 9.45. The number of carbonyl (C=O) groups is 2. The Morgan fingerprint density at radius 2 is 2.15 bits per heavy atom. The van der Waals surface area contributed by atoms with Crippen molar-refractivity contribution in [1.82, 2.24) is 10.2 Å². The third-order valence-electron chi connectivity index (χ3n) is 3.51. The Morgan fingerprint density at radius 1 is 1.45 bits per heavy atom. The quantitative estimate of drug-likeness (QED) is 0.722. The van der Waals surface area contributed by atoms with Gasteiger partial charge >= 0.3 is 5.97 Å². The van der Waals surface area contributed by atoms with Gasteiger partial charge in [-0.2, -0.15) is 0 Å². The van der Waals surface area contributed by atoms with Crippen molar-refractivity contribution in [3.63, 3.8) is 0 Å². The normalized spacial score (nSPS) is 15.9. The number of amides is 1. The molecular formula is C15H26N2O3. The summed E-state index contributed by atoms with van der Waals surface area (Å²) in [7, 11) is 3.16. The lowest BCUT2D eigenvalue weighted by atomic mass is 10.0. The molecule has 0 bridgehead atoms. The van der Waals surface area contributed by atoms with Crippen LogP contribution in [0.3, 0.4) is 0 Å². The average Bonchev–Trinajstić information content (AvgIpc) is 2.94. The van der Waals surface area contributed by atoms with Crippen molar-refractivity contribution in [2.24, 2.45) is 5.92 Å². The van der Waals surface area contributed by atoms with Crippen molar-refractivity contribution >= 4 is 11.9 Å². The van der Waals surface area contributed by atoms with Gasteiger partial charge in [0.25, 0.3) is 0 Å². The van der Waals surface area contributed by atoms with Gasteiger partial charge in [0.1, 0.15) is 6.04 Å². The summed E-state index contributed by atoms with van der Waals surface area (Å²) in [6.45, 7) is 4.23. The highest BCUT2D eigenvalue weighted by Gasteiger charge is 2.22. The van der Waals surface area contributed by atoms with Crippen molar-refractivity contribution in [2.75, 3.05) is 20.7 Å². The first-order valence-corrected chi connectivity index (χ1v) is 7.22. The van der Waals surface area contributed by atoms with Crippen LogP contribution in [-0.2, 0) is 14.3 Å². The van der Waals surface area contributed by atoms with Crippen LogP contribution in [0.5, 0.6) is 0 Å². The molecule has 1 N–H and O–H groups in total. The predicted molar refractivity (Wildman–Crippen MR) is 78.0 cm³/mol. The van der Waals surface area contributed by atoms with Gasteiger partial charge in [-0.25, -0.2) is 0 Å². The number of nitrogens with one attached hydrogen (secondary N) is 1. The molecule has 20 heavy (non-hydrogen) atoms. The molecule has 0 saturated carbocycles. The zero-order valence-corrected chi connectivity index (χ0v) is 12.9. The molecule has 1 rings (SSSR count). The van der Waals surface area contributed by atoms with Gasteiger partial charge in [0.15, 0.2) is 0 Å². The Hall–Kier alpha value is -1.36. The van der Waals surface area contributed by atoms with Gasteiger partial charge in [-0.3, -0.25) is 14.9 Å². The minimum atomic E-state index is -0.421. The molecule has 0 radical (unpaired) electrons. The molecule has 0 aromatic heterocycles. The maximum atomic E-state index is 12.1. The van der Waals surface area contributed by atoms with E-state index in [1.807, 2.05) is 13.8 Å². The number of esters is 1. The zero-order chi connectivity index (χ0) is 15.1. The molecule has 0 aromatic rings. The molecule has 0 spiro atoms. The Morgan fingerprint density at radius 3 is 2.65 bits per heavy atom. The summed E-state index contributed by atoms with van der Waals surface area (Å²) >= 11 is 0. The first-order valence-electron chi connectivity index (χ1n) is 7.22. The lowest BCUT2D eigenvalue weighted by Crippen LogP contribution is -2.44. The van der Waals surface area contributed by atoms with Gasteiger partial charge in [-0.15, -0.1) is 0 Å². The second kappa shape index (κ2) is 8.04. The number of rotatable bonds is 7. The molecular weight excluding hydrogens is 256 g/mol. The largest absolute Gasteiger partial charge is 0.468 e. The van der Waals surface area contributed by atoms with E-state index in [0.29, 0.717) is 12.3 Å². The lowest BCUT2D eigenvalue weighted by molar-refractivity contribution is -0.143. The molecule has 114 valence electrons. The van der Waals surface area contributed by atoms with Crippen molar-refractivity contribution in [1.29, 1.82) is 0 Å². The van der Waals surface area contributed by atoms with Crippen LogP contribution in [0, 0.1) is 5.92 Å². The molecule has 5 nitrogen and oxygen atoms in total. The number of likely N-dealkylation sites (N-methyl/N-ethyl adjacent to an activating group) is 1. The second-order valence-electron chi connectivity index (χ2n) is 5.63. The molecule has 1 aliphatic rings. The van der Waals surface area contributed by atoms with Crippen molar-refractivity contribution in [3.8, 4) is 0 Å². The fraction of sp³-hybridized carbons (Fsp3) is 0.733. The molecule has 1 unspecified atom stereocenters. The summed E-state index contributed by atoms with van der Waals surface area (Å²) in [5.74, 6) is 0.0296. The molecule has 5 heteroatoms. The summed E-state index contributed by atoms with van der Waals surface area (Å²) < 4.78 is 4.77. The molecule has 1 aliphatic carbocycles. The van der Waals surface area contributed by atoms with Crippen LogP contribution in [0.15, 0.2) is 11.8 Å². The molecule has 1 atom stereocenters. The van der Waals surface area contributed by atoms with Crippen LogP contribution in [0.25, 0.3) is 0 Å². The van der Waals surface area contributed by atoms with Crippen LogP contribution in [0.4, 0.5) is 0 Å². The summed E-state index contributed by atoms with van der Waals surface area (Å²) in [6, 6.07) is -0.421. The van der Waals surface area contributed by atoms with E-state index in [0.717, 1.165) is 25.0 Å². The number of ether oxygens (including phenoxy) is 1. The van der Waals surface area contributed by atoms with Crippen LogP contribution < -0.4 is 5.32 Å².